The van der Waals surface area contributed by atoms with Gasteiger partial charge in [0, 0.05) is 12.2 Å². The molecule has 0 aliphatic rings. The minimum absolute atomic E-state index is 0.0311. The normalized spacial score (nSPS) is 11.3. The predicted octanol–water partition coefficient (Wildman–Crippen LogP) is 4.93. The van der Waals surface area contributed by atoms with Crippen LogP contribution in [0.2, 0.25) is 0 Å². The summed E-state index contributed by atoms with van der Waals surface area (Å²) in [6, 6.07) is 14.4. The minimum atomic E-state index is -4.83. The zero-order chi connectivity index (χ0) is 21.2. The number of aliphatic hydroxyl groups excluding tert-OH is 1. The summed E-state index contributed by atoms with van der Waals surface area (Å²) in [5, 5.41) is 9.32. The highest BCUT2D eigenvalue weighted by atomic mass is 19.4. The van der Waals surface area contributed by atoms with Crippen LogP contribution >= 0.6 is 0 Å². The lowest BCUT2D eigenvalue weighted by molar-refractivity contribution is -0.136. The second-order valence-electron chi connectivity index (χ2n) is 6.64. The summed E-state index contributed by atoms with van der Waals surface area (Å²) in [6.07, 6.45) is -4.83. The molecule has 2 aromatic carbocycles. The number of aliphatic hydroxyl groups is 1. The van der Waals surface area contributed by atoms with Gasteiger partial charge in [0.1, 0.15) is 0 Å². The standard InChI is InChI=1S/C22H17F3N2O2/c1-14-5-3-8-17(9-14)19-11-18(22(23,24)25)20(26-2)21(29)27(19)12-15-6-4-7-16(10-15)13-28/h3-11,28H,12-13H2,1H3. The molecular weight excluding hydrogens is 381 g/mol. The number of aryl methyl sites for hydroxylation is 1. The van der Waals surface area contributed by atoms with Crippen molar-refractivity contribution in [2.24, 2.45) is 0 Å². The highest BCUT2D eigenvalue weighted by Gasteiger charge is 2.36. The van der Waals surface area contributed by atoms with Gasteiger partial charge in [-0.25, -0.2) is 4.85 Å². The molecule has 0 bridgehead atoms. The van der Waals surface area contributed by atoms with Gasteiger partial charge in [0.05, 0.1) is 18.7 Å². The Balaban J connectivity index is 2.30. The molecule has 148 valence electrons. The van der Waals surface area contributed by atoms with E-state index < -0.39 is 23.0 Å². The number of rotatable bonds is 4. The van der Waals surface area contributed by atoms with Crippen LogP contribution in [0, 0.1) is 13.5 Å². The molecule has 3 rings (SSSR count). The molecule has 0 fully saturated rings. The van der Waals surface area contributed by atoms with Crippen molar-refractivity contribution in [2.75, 3.05) is 0 Å². The smallest absolute Gasteiger partial charge is 0.392 e. The van der Waals surface area contributed by atoms with Crippen LogP contribution in [0.25, 0.3) is 16.1 Å². The third kappa shape index (κ3) is 4.23. The first kappa shape index (κ1) is 20.4. The van der Waals surface area contributed by atoms with Crippen molar-refractivity contribution in [3.05, 3.63) is 98.6 Å². The molecule has 1 aromatic heterocycles. The van der Waals surface area contributed by atoms with Crippen molar-refractivity contribution < 1.29 is 18.3 Å². The van der Waals surface area contributed by atoms with Gasteiger partial charge in [-0.2, -0.15) is 13.2 Å². The maximum Gasteiger partial charge on any atom is 0.407 e. The van der Waals surface area contributed by atoms with E-state index in [9.17, 15) is 23.1 Å². The first-order chi connectivity index (χ1) is 13.7. The van der Waals surface area contributed by atoms with E-state index >= 15 is 0 Å². The van der Waals surface area contributed by atoms with E-state index in [4.69, 9.17) is 6.57 Å². The molecule has 7 heteroatoms. The number of nitrogens with zero attached hydrogens (tertiary/aromatic N) is 2. The average Bonchev–Trinajstić information content (AvgIpc) is 2.68. The van der Waals surface area contributed by atoms with E-state index in [0.717, 1.165) is 11.6 Å². The van der Waals surface area contributed by atoms with Gasteiger partial charge in [0.15, 0.2) is 0 Å². The molecule has 0 unspecified atom stereocenters. The van der Waals surface area contributed by atoms with Crippen LogP contribution in [0.15, 0.2) is 59.4 Å². The van der Waals surface area contributed by atoms with E-state index in [1.165, 1.54) is 4.57 Å². The van der Waals surface area contributed by atoms with Gasteiger partial charge in [-0.3, -0.25) is 4.79 Å². The fourth-order valence-electron chi connectivity index (χ4n) is 3.17. The van der Waals surface area contributed by atoms with Crippen LogP contribution in [0.1, 0.15) is 22.3 Å². The number of benzene rings is 2. The van der Waals surface area contributed by atoms with Crippen LogP contribution in [0.5, 0.6) is 0 Å². The Kier molecular flexibility index (Phi) is 5.57. The van der Waals surface area contributed by atoms with Crippen LogP contribution < -0.4 is 5.56 Å². The van der Waals surface area contributed by atoms with Crippen LogP contribution in [0.4, 0.5) is 18.9 Å². The van der Waals surface area contributed by atoms with E-state index in [1.54, 1.807) is 55.5 Å². The van der Waals surface area contributed by atoms with Crippen molar-refractivity contribution in [2.45, 2.75) is 26.3 Å². The minimum Gasteiger partial charge on any atom is -0.392 e. The van der Waals surface area contributed by atoms with Crippen molar-refractivity contribution >= 4 is 5.69 Å². The van der Waals surface area contributed by atoms with Crippen molar-refractivity contribution in [3.63, 3.8) is 0 Å². The fraction of sp³-hybridized carbons (Fsp3) is 0.182. The zero-order valence-electron chi connectivity index (χ0n) is 15.5. The van der Waals surface area contributed by atoms with E-state index in [1.807, 2.05) is 0 Å². The van der Waals surface area contributed by atoms with Crippen LogP contribution in [0.3, 0.4) is 0 Å². The van der Waals surface area contributed by atoms with Gasteiger partial charge < -0.3 is 9.67 Å². The van der Waals surface area contributed by atoms with Crippen LogP contribution in [-0.2, 0) is 19.3 Å². The molecule has 1 heterocycles. The molecule has 0 radical (unpaired) electrons. The largest absolute Gasteiger partial charge is 0.407 e. The molecule has 0 spiro atoms. The first-order valence-electron chi connectivity index (χ1n) is 8.73. The zero-order valence-corrected chi connectivity index (χ0v) is 15.5. The maximum absolute atomic E-state index is 13.5. The third-order valence-electron chi connectivity index (χ3n) is 4.52. The number of aromatic nitrogens is 1. The Bertz CT molecular complexity index is 1160. The highest BCUT2D eigenvalue weighted by Crippen LogP contribution is 2.37. The summed E-state index contributed by atoms with van der Waals surface area (Å²) in [5.41, 5.74) is -0.600. The second-order valence-corrected chi connectivity index (χ2v) is 6.64. The molecule has 0 aliphatic carbocycles. The maximum atomic E-state index is 13.5. The van der Waals surface area contributed by atoms with Gasteiger partial charge in [-0.1, -0.05) is 48.0 Å². The van der Waals surface area contributed by atoms with Crippen LogP contribution in [-0.4, -0.2) is 9.67 Å². The second kappa shape index (κ2) is 7.94. The summed E-state index contributed by atoms with van der Waals surface area (Å²) in [4.78, 5) is 15.8. The number of alkyl halides is 3. The Morgan fingerprint density at radius 1 is 1.07 bits per heavy atom. The summed E-state index contributed by atoms with van der Waals surface area (Å²) >= 11 is 0. The number of pyridine rings is 1. The van der Waals surface area contributed by atoms with Gasteiger partial charge in [-0.15, -0.1) is 0 Å². The number of hydrogen-bond acceptors (Lipinski definition) is 2. The van der Waals surface area contributed by atoms with Crippen molar-refractivity contribution in [1.82, 2.24) is 4.57 Å². The lowest BCUT2D eigenvalue weighted by Gasteiger charge is -2.18. The van der Waals surface area contributed by atoms with Gasteiger partial charge in [0.25, 0.3) is 11.2 Å². The van der Waals surface area contributed by atoms with Gasteiger partial charge in [-0.05, 0) is 35.7 Å². The molecule has 0 aliphatic heterocycles. The SMILES string of the molecule is [C-]#[N+]c1c(C(F)(F)F)cc(-c2cccc(C)c2)n(Cc2cccc(CO)c2)c1=O. The Hall–Kier alpha value is -3.37. The first-order valence-corrected chi connectivity index (χ1v) is 8.73. The summed E-state index contributed by atoms with van der Waals surface area (Å²) in [5.74, 6) is 0. The number of hydrogen-bond donors (Lipinski definition) is 1. The lowest BCUT2D eigenvalue weighted by atomic mass is 10.0. The lowest BCUT2D eigenvalue weighted by Crippen LogP contribution is -2.25. The van der Waals surface area contributed by atoms with Crippen molar-refractivity contribution in [3.8, 4) is 11.3 Å². The molecule has 4 nitrogen and oxygen atoms in total. The monoisotopic (exact) mass is 398 g/mol. The van der Waals surface area contributed by atoms with Gasteiger partial charge in [0.2, 0.25) is 0 Å². The van der Waals surface area contributed by atoms with Gasteiger partial charge >= 0.3 is 6.18 Å². The Morgan fingerprint density at radius 3 is 2.38 bits per heavy atom. The number of halogens is 3. The molecule has 0 saturated heterocycles. The van der Waals surface area contributed by atoms with Crippen molar-refractivity contribution in [1.29, 1.82) is 0 Å². The fourth-order valence-corrected chi connectivity index (χ4v) is 3.17. The average molecular weight is 398 g/mol. The molecule has 3 aromatic rings. The van der Waals surface area contributed by atoms with E-state index in [2.05, 4.69) is 4.85 Å². The quantitative estimate of drug-likeness (QED) is 0.633. The highest BCUT2D eigenvalue weighted by molar-refractivity contribution is 5.66. The summed E-state index contributed by atoms with van der Waals surface area (Å²) in [7, 11) is 0. The van der Waals surface area contributed by atoms with E-state index in [-0.39, 0.29) is 18.8 Å². The molecule has 0 saturated carbocycles. The topological polar surface area (TPSA) is 46.6 Å². The Morgan fingerprint density at radius 2 is 1.76 bits per heavy atom. The molecule has 0 amide bonds. The predicted molar refractivity (Wildman–Crippen MR) is 104 cm³/mol. The summed E-state index contributed by atoms with van der Waals surface area (Å²) < 4.78 is 41.8. The third-order valence-corrected chi connectivity index (χ3v) is 4.52. The molecular formula is C22H17F3N2O2. The molecule has 1 N–H and O–H groups in total. The van der Waals surface area contributed by atoms with E-state index in [0.29, 0.717) is 16.7 Å². The molecule has 29 heavy (non-hydrogen) atoms. The Labute approximate surface area is 165 Å². The molecule has 0 atom stereocenters. The summed E-state index contributed by atoms with van der Waals surface area (Å²) in [6.45, 7) is 8.70.